The quantitative estimate of drug-likeness (QED) is 0.536. The molecule has 3 aliphatic rings. The van der Waals surface area contributed by atoms with Crippen LogP contribution >= 0.6 is 0 Å². The number of rotatable bonds is 5. The fourth-order valence-corrected chi connectivity index (χ4v) is 6.49. The molecule has 2 aliphatic heterocycles. The maximum absolute atomic E-state index is 13.2. The molecule has 1 N–H and O–H groups in total. The van der Waals surface area contributed by atoms with E-state index in [1.165, 1.54) is 34.1 Å². The summed E-state index contributed by atoms with van der Waals surface area (Å²) in [7, 11) is -3.57. The minimum Gasteiger partial charge on any atom is -0.323 e. The van der Waals surface area contributed by atoms with Gasteiger partial charge in [0.25, 0.3) is 5.91 Å². The zero-order valence-electron chi connectivity index (χ0n) is 18.1. The largest absolute Gasteiger partial charge is 0.325 e. The van der Waals surface area contributed by atoms with Gasteiger partial charge in [-0.1, -0.05) is 24.3 Å². The van der Waals surface area contributed by atoms with Gasteiger partial charge in [-0.25, -0.2) is 13.2 Å². The number of hydrogen-bond acceptors (Lipinski definition) is 5. The highest BCUT2D eigenvalue weighted by molar-refractivity contribution is 7.89. The van der Waals surface area contributed by atoms with Crippen LogP contribution in [0.25, 0.3) is 0 Å². The van der Waals surface area contributed by atoms with E-state index in [1.54, 1.807) is 0 Å². The predicted molar refractivity (Wildman–Crippen MR) is 120 cm³/mol. The molecule has 172 valence electrons. The molecule has 2 heterocycles. The molecule has 2 aromatic carbocycles. The van der Waals surface area contributed by atoms with Crippen LogP contribution in [0, 0.1) is 0 Å². The first-order valence-corrected chi connectivity index (χ1v) is 12.6. The van der Waals surface area contributed by atoms with E-state index in [2.05, 4.69) is 5.32 Å². The first kappa shape index (κ1) is 21.8. The van der Waals surface area contributed by atoms with Crippen LogP contribution in [0.15, 0.2) is 53.4 Å². The highest BCUT2D eigenvalue weighted by Gasteiger charge is 2.52. The normalized spacial score (nSPS) is 23.1. The summed E-state index contributed by atoms with van der Waals surface area (Å²) < 4.78 is 26.8. The van der Waals surface area contributed by atoms with Gasteiger partial charge in [-0.2, -0.15) is 4.31 Å². The Labute approximate surface area is 192 Å². The summed E-state index contributed by atoms with van der Waals surface area (Å²) in [6.45, 7) is 0.620. The minimum absolute atomic E-state index is 0.135. The maximum atomic E-state index is 13.2. The van der Waals surface area contributed by atoms with Gasteiger partial charge >= 0.3 is 6.03 Å². The summed E-state index contributed by atoms with van der Waals surface area (Å²) in [5.74, 6) is -0.805. The number of amides is 3. The van der Waals surface area contributed by atoms with E-state index in [1.807, 2.05) is 24.3 Å². The number of nitrogens with zero attached hydrogens (tertiary/aromatic N) is 2. The lowest BCUT2D eigenvalue weighted by Crippen LogP contribution is -2.51. The monoisotopic (exact) mass is 467 g/mol. The number of benzene rings is 2. The second-order valence-corrected chi connectivity index (χ2v) is 10.8. The maximum Gasteiger partial charge on any atom is 0.325 e. The van der Waals surface area contributed by atoms with Crippen LogP contribution < -0.4 is 5.32 Å². The van der Waals surface area contributed by atoms with Crippen molar-refractivity contribution in [3.05, 3.63) is 65.2 Å². The van der Waals surface area contributed by atoms with E-state index < -0.39 is 27.4 Å². The molecule has 0 radical (unpaired) electrons. The van der Waals surface area contributed by atoms with Crippen LogP contribution in [-0.2, 0) is 27.7 Å². The lowest BCUT2D eigenvalue weighted by atomic mass is 9.78. The number of urea groups is 1. The van der Waals surface area contributed by atoms with Crippen molar-refractivity contribution < 1.29 is 22.8 Å². The van der Waals surface area contributed by atoms with Gasteiger partial charge in [0.1, 0.15) is 5.54 Å². The molecule has 2 aromatic rings. The second kappa shape index (κ2) is 8.07. The summed E-state index contributed by atoms with van der Waals surface area (Å²) in [5, 5.41) is 2.83. The number of nitrogens with one attached hydrogen (secondary N) is 1. The van der Waals surface area contributed by atoms with Gasteiger partial charge in [0.15, 0.2) is 5.78 Å². The van der Waals surface area contributed by atoms with Crippen molar-refractivity contribution in [2.45, 2.75) is 42.5 Å². The average molecular weight is 468 g/mol. The molecule has 0 bridgehead atoms. The Balaban J connectivity index is 1.30. The Morgan fingerprint density at radius 3 is 2.33 bits per heavy atom. The Morgan fingerprint density at radius 1 is 0.970 bits per heavy atom. The molecular formula is C24H25N3O5S. The Hall–Kier alpha value is -3.04. The summed E-state index contributed by atoms with van der Waals surface area (Å²) in [5.41, 5.74) is 1.44. The Kier molecular flexibility index (Phi) is 5.33. The zero-order chi connectivity index (χ0) is 23.2. The number of aryl methyl sites for hydroxylation is 1. The minimum atomic E-state index is -3.57. The summed E-state index contributed by atoms with van der Waals surface area (Å²) in [4.78, 5) is 39.8. The van der Waals surface area contributed by atoms with Crippen LogP contribution in [0.3, 0.4) is 0 Å². The molecule has 0 aromatic heterocycles. The first-order valence-electron chi connectivity index (χ1n) is 11.1. The lowest BCUT2D eigenvalue weighted by Gasteiger charge is -2.32. The molecule has 33 heavy (non-hydrogen) atoms. The fraction of sp³-hybridized carbons (Fsp3) is 0.375. The SMILES string of the molecule is O=C(CN1C(=O)NC2(CCc3ccccc3C2)C1=O)c1ccc(S(=O)(=O)N2CCCC2)cc1. The van der Waals surface area contributed by atoms with Crippen molar-refractivity contribution in [2.75, 3.05) is 19.6 Å². The smallest absolute Gasteiger partial charge is 0.323 e. The van der Waals surface area contributed by atoms with Crippen molar-refractivity contribution in [2.24, 2.45) is 0 Å². The van der Waals surface area contributed by atoms with Gasteiger partial charge in [0, 0.05) is 25.1 Å². The fourth-order valence-electron chi connectivity index (χ4n) is 4.97. The van der Waals surface area contributed by atoms with Gasteiger partial charge < -0.3 is 5.32 Å². The van der Waals surface area contributed by atoms with Gasteiger partial charge in [0.2, 0.25) is 10.0 Å². The average Bonchev–Trinajstić information content (AvgIpc) is 3.44. The summed E-state index contributed by atoms with van der Waals surface area (Å²) >= 11 is 0. The van der Waals surface area contributed by atoms with Crippen LogP contribution in [0.2, 0.25) is 0 Å². The van der Waals surface area contributed by atoms with Gasteiger partial charge in [-0.15, -0.1) is 0 Å². The summed E-state index contributed by atoms with van der Waals surface area (Å²) in [6.07, 6.45) is 3.25. The molecule has 1 aliphatic carbocycles. The number of carbonyl (C=O) groups is 3. The van der Waals surface area contributed by atoms with Crippen molar-refractivity contribution in [1.29, 1.82) is 0 Å². The number of hydrogen-bond donors (Lipinski definition) is 1. The van der Waals surface area contributed by atoms with E-state index in [4.69, 9.17) is 0 Å². The molecular weight excluding hydrogens is 442 g/mol. The summed E-state index contributed by atoms with van der Waals surface area (Å²) in [6, 6.07) is 13.0. The molecule has 8 nitrogen and oxygen atoms in total. The molecule has 2 saturated heterocycles. The van der Waals surface area contributed by atoms with Crippen LogP contribution in [0.5, 0.6) is 0 Å². The number of sulfonamides is 1. The molecule has 1 spiro atoms. The third-order valence-electron chi connectivity index (χ3n) is 6.86. The third-order valence-corrected chi connectivity index (χ3v) is 8.77. The molecule has 9 heteroatoms. The van der Waals surface area contributed by atoms with Crippen molar-refractivity contribution >= 4 is 27.7 Å². The lowest BCUT2D eigenvalue weighted by molar-refractivity contribution is -0.131. The van der Waals surface area contributed by atoms with Crippen molar-refractivity contribution in [3.8, 4) is 0 Å². The van der Waals surface area contributed by atoms with E-state index in [0.29, 0.717) is 32.4 Å². The number of Topliss-reactive ketones (excluding diaryl/α,β-unsaturated/α-hetero) is 1. The number of carbonyl (C=O) groups excluding carboxylic acids is 3. The topological polar surface area (TPSA) is 104 Å². The highest BCUT2D eigenvalue weighted by Crippen LogP contribution is 2.33. The first-order chi connectivity index (χ1) is 15.8. The van der Waals surface area contributed by atoms with E-state index >= 15 is 0 Å². The third kappa shape index (κ3) is 3.75. The highest BCUT2D eigenvalue weighted by atomic mass is 32.2. The predicted octanol–water partition coefficient (Wildman–Crippen LogP) is 2.13. The Bertz CT molecular complexity index is 1240. The molecule has 2 fully saturated rings. The molecule has 3 amide bonds. The van der Waals surface area contributed by atoms with Gasteiger partial charge in [-0.3, -0.25) is 14.5 Å². The van der Waals surface area contributed by atoms with Crippen LogP contribution in [0.4, 0.5) is 4.79 Å². The van der Waals surface area contributed by atoms with Gasteiger partial charge in [-0.05, 0) is 61.1 Å². The molecule has 5 rings (SSSR count). The van der Waals surface area contributed by atoms with Gasteiger partial charge in [0.05, 0.1) is 11.4 Å². The standard InChI is InChI=1S/C24H25N3O5S/c28-21(18-7-9-20(10-8-18)33(31,32)26-13-3-4-14-26)16-27-22(29)24(25-23(27)30)12-11-17-5-1-2-6-19(17)15-24/h1-2,5-10H,3-4,11-16H2,(H,25,30). The van der Waals surface area contributed by atoms with Crippen molar-refractivity contribution in [3.63, 3.8) is 0 Å². The van der Waals surface area contributed by atoms with Crippen LogP contribution in [-0.4, -0.2) is 60.5 Å². The van der Waals surface area contributed by atoms with E-state index in [-0.39, 0.29) is 22.9 Å². The molecule has 1 atom stereocenters. The van der Waals surface area contributed by atoms with Crippen molar-refractivity contribution in [1.82, 2.24) is 14.5 Å². The van der Waals surface area contributed by atoms with E-state index in [9.17, 15) is 22.8 Å². The van der Waals surface area contributed by atoms with E-state index in [0.717, 1.165) is 23.3 Å². The molecule has 1 unspecified atom stereocenters. The number of fused-ring (bicyclic) bond motifs is 1. The van der Waals surface area contributed by atoms with Crippen LogP contribution in [0.1, 0.15) is 40.7 Å². The zero-order valence-corrected chi connectivity index (χ0v) is 18.9. The second-order valence-electron chi connectivity index (χ2n) is 8.91. The Morgan fingerprint density at radius 2 is 1.64 bits per heavy atom. The molecule has 0 saturated carbocycles. The number of ketones is 1. The number of imide groups is 1.